The van der Waals surface area contributed by atoms with E-state index in [1.165, 1.54) is 25.1 Å². The Morgan fingerprint density at radius 2 is 1.56 bits per heavy atom. The number of ketones is 1. The maximum absolute atomic E-state index is 13.8. The molecule has 0 atom stereocenters. The minimum absolute atomic E-state index is 0.0106. The Hall–Kier alpha value is -3.18. The summed E-state index contributed by atoms with van der Waals surface area (Å²) in [5.74, 6) is -1.31. The molecule has 2 N–H and O–H groups in total. The Morgan fingerprint density at radius 3 is 2.22 bits per heavy atom. The summed E-state index contributed by atoms with van der Waals surface area (Å²) in [5, 5.41) is 5.85. The molecule has 0 spiro atoms. The van der Waals surface area contributed by atoms with Crippen LogP contribution < -0.4 is 10.6 Å². The molecule has 0 saturated carbocycles. The highest BCUT2D eigenvalue weighted by molar-refractivity contribution is 6.34. The van der Waals surface area contributed by atoms with E-state index >= 15 is 0 Å². The van der Waals surface area contributed by atoms with Gasteiger partial charge in [-0.2, -0.15) is 0 Å². The van der Waals surface area contributed by atoms with Crippen LogP contribution in [-0.4, -0.2) is 11.7 Å². The highest BCUT2D eigenvalue weighted by Gasteiger charge is 2.15. The molecule has 0 unspecified atom stereocenters. The average Bonchev–Trinajstić information content (AvgIpc) is 2.63. The Balaban J connectivity index is 1.71. The van der Waals surface area contributed by atoms with Crippen LogP contribution in [-0.2, 0) is 0 Å². The molecule has 0 aliphatic rings. The first kappa shape index (κ1) is 18.6. The van der Waals surface area contributed by atoms with Gasteiger partial charge in [0.05, 0.1) is 10.6 Å². The van der Waals surface area contributed by atoms with Crippen LogP contribution in [0.4, 0.5) is 21.5 Å². The van der Waals surface area contributed by atoms with Gasteiger partial charge in [-0.05, 0) is 55.5 Å². The minimum Gasteiger partial charge on any atom is -0.356 e. The van der Waals surface area contributed by atoms with Crippen LogP contribution in [0.25, 0.3) is 0 Å². The van der Waals surface area contributed by atoms with Crippen molar-refractivity contribution in [1.29, 1.82) is 0 Å². The molecular weight excluding hydrogens is 367 g/mol. The molecule has 0 aliphatic carbocycles. The van der Waals surface area contributed by atoms with E-state index in [1.54, 1.807) is 42.5 Å². The predicted octanol–water partition coefficient (Wildman–Crippen LogP) is 5.68. The van der Waals surface area contributed by atoms with Crippen LogP contribution in [0, 0.1) is 5.82 Å². The molecular formula is C21H16ClFN2O2. The van der Waals surface area contributed by atoms with Gasteiger partial charge in [-0.15, -0.1) is 0 Å². The Labute approximate surface area is 161 Å². The van der Waals surface area contributed by atoms with E-state index in [0.29, 0.717) is 11.3 Å². The summed E-state index contributed by atoms with van der Waals surface area (Å²) >= 11 is 5.91. The van der Waals surface area contributed by atoms with E-state index in [9.17, 15) is 14.0 Å². The lowest BCUT2D eigenvalue weighted by atomic mass is 10.1. The van der Waals surface area contributed by atoms with Crippen LogP contribution >= 0.6 is 11.6 Å². The third kappa shape index (κ3) is 4.51. The van der Waals surface area contributed by atoms with Crippen LogP contribution in [0.5, 0.6) is 0 Å². The van der Waals surface area contributed by atoms with Crippen molar-refractivity contribution in [3.05, 3.63) is 88.7 Å². The second kappa shape index (κ2) is 8.01. The van der Waals surface area contributed by atoms with E-state index in [4.69, 9.17) is 11.6 Å². The summed E-state index contributed by atoms with van der Waals surface area (Å²) in [5.41, 5.74) is 2.48. The third-order valence-electron chi connectivity index (χ3n) is 3.89. The molecule has 6 heteroatoms. The van der Waals surface area contributed by atoms with Crippen molar-refractivity contribution in [2.75, 3.05) is 10.6 Å². The number of benzene rings is 3. The third-order valence-corrected chi connectivity index (χ3v) is 4.21. The molecule has 1 amide bonds. The molecule has 0 aliphatic heterocycles. The first-order chi connectivity index (χ1) is 12.9. The van der Waals surface area contributed by atoms with Gasteiger partial charge in [-0.1, -0.05) is 29.8 Å². The highest BCUT2D eigenvalue weighted by Crippen LogP contribution is 2.23. The second-order valence-corrected chi connectivity index (χ2v) is 6.30. The minimum atomic E-state index is -0.677. The van der Waals surface area contributed by atoms with Crippen molar-refractivity contribution in [3.63, 3.8) is 0 Å². The van der Waals surface area contributed by atoms with Crippen molar-refractivity contribution in [2.24, 2.45) is 0 Å². The van der Waals surface area contributed by atoms with Crippen LogP contribution in [0.15, 0.2) is 66.7 Å². The van der Waals surface area contributed by atoms with Gasteiger partial charge in [0.25, 0.3) is 5.91 Å². The molecule has 0 radical (unpaired) electrons. The van der Waals surface area contributed by atoms with E-state index in [-0.39, 0.29) is 16.4 Å². The molecule has 3 rings (SSSR count). The van der Waals surface area contributed by atoms with E-state index in [2.05, 4.69) is 10.6 Å². The Kier molecular flexibility index (Phi) is 5.52. The first-order valence-electron chi connectivity index (χ1n) is 8.17. The van der Waals surface area contributed by atoms with Gasteiger partial charge in [-0.3, -0.25) is 9.59 Å². The number of halogens is 2. The number of amides is 1. The maximum atomic E-state index is 13.8. The quantitative estimate of drug-likeness (QED) is 0.558. The number of carbonyl (C=O) groups excluding carboxylic acids is 2. The summed E-state index contributed by atoms with van der Waals surface area (Å²) in [6.45, 7) is 1.51. The lowest BCUT2D eigenvalue weighted by Gasteiger charge is -2.10. The lowest BCUT2D eigenvalue weighted by molar-refractivity contribution is 0.101. The topological polar surface area (TPSA) is 58.2 Å². The molecule has 4 nitrogen and oxygen atoms in total. The van der Waals surface area contributed by atoms with E-state index in [1.807, 2.05) is 6.07 Å². The number of rotatable bonds is 5. The van der Waals surface area contributed by atoms with Gasteiger partial charge in [-0.25, -0.2) is 4.39 Å². The largest absolute Gasteiger partial charge is 0.356 e. The molecule has 0 heterocycles. The Morgan fingerprint density at radius 1 is 0.889 bits per heavy atom. The lowest BCUT2D eigenvalue weighted by Crippen LogP contribution is -2.14. The fourth-order valence-corrected chi connectivity index (χ4v) is 2.78. The number of Topliss-reactive ketones (excluding diaryl/α,β-unsaturated/α-hetero) is 1. The molecule has 3 aromatic rings. The SMILES string of the molecule is CC(=O)c1cccc(Nc2ccc(NC(=O)c3c(F)cccc3Cl)cc2)c1. The summed E-state index contributed by atoms with van der Waals surface area (Å²) in [6.07, 6.45) is 0. The van der Waals surface area contributed by atoms with Gasteiger partial charge >= 0.3 is 0 Å². The highest BCUT2D eigenvalue weighted by atomic mass is 35.5. The number of hydrogen-bond acceptors (Lipinski definition) is 3. The zero-order chi connectivity index (χ0) is 19.4. The second-order valence-electron chi connectivity index (χ2n) is 5.89. The zero-order valence-electron chi connectivity index (χ0n) is 14.4. The molecule has 27 heavy (non-hydrogen) atoms. The van der Waals surface area contributed by atoms with Crippen molar-refractivity contribution in [2.45, 2.75) is 6.92 Å². The van der Waals surface area contributed by atoms with Crippen molar-refractivity contribution in [3.8, 4) is 0 Å². The van der Waals surface area contributed by atoms with Gasteiger partial charge < -0.3 is 10.6 Å². The maximum Gasteiger partial charge on any atom is 0.260 e. The van der Waals surface area contributed by atoms with Crippen molar-refractivity contribution >= 4 is 40.4 Å². The number of anilines is 3. The molecule has 0 aromatic heterocycles. The monoisotopic (exact) mass is 382 g/mol. The average molecular weight is 383 g/mol. The number of nitrogens with one attached hydrogen (secondary N) is 2. The van der Waals surface area contributed by atoms with E-state index < -0.39 is 11.7 Å². The summed E-state index contributed by atoms with van der Waals surface area (Å²) in [4.78, 5) is 23.7. The van der Waals surface area contributed by atoms with Crippen molar-refractivity contribution in [1.82, 2.24) is 0 Å². The molecule has 0 saturated heterocycles. The first-order valence-corrected chi connectivity index (χ1v) is 8.55. The van der Waals surface area contributed by atoms with Crippen LogP contribution in [0.1, 0.15) is 27.6 Å². The van der Waals surface area contributed by atoms with Crippen LogP contribution in [0.2, 0.25) is 5.02 Å². The summed E-state index contributed by atoms with van der Waals surface area (Å²) in [6, 6.07) is 18.1. The number of hydrogen-bond donors (Lipinski definition) is 2. The van der Waals surface area contributed by atoms with Gasteiger partial charge in [0.15, 0.2) is 5.78 Å². The van der Waals surface area contributed by atoms with E-state index in [0.717, 1.165) is 11.4 Å². The zero-order valence-corrected chi connectivity index (χ0v) is 15.2. The fraction of sp³-hybridized carbons (Fsp3) is 0.0476. The molecule has 0 bridgehead atoms. The van der Waals surface area contributed by atoms with Gasteiger partial charge in [0, 0.05) is 22.6 Å². The molecule has 136 valence electrons. The van der Waals surface area contributed by atoms with Crippen LogP contribution in [0.3, 0.4) is 0 Å². The van der Waals surface area contributed by atoms with Gasteiger partial charge in [0.1, 0.15) is 5.82 Å². The smallest absolute Gasteiger partial charge is 0.260 e. The summed E-state index contributed by atoms with van der Waals surface area (Å²) in [7, 11) is 0. The molecule has 3 aromatic carbocycles. The summed E-state index contributed by atoms with van der Waals surface area (Å²) < 4.78 is 13.8. The van der Waals surface area contributed by atoms with Crippen molar-refractivity contribution < 1.29 is 14.0 Å². The predicted molar refractivity (Wildman–Crippen MR) is 106 cm³/mol. The normalized spacial score (nSPS) is 10.3. The Bertz CT molecular complexity index is 983. The standard InChI is InChI=1S/C21H16ClFN2O2/c1-13(26)14-4-2-5-17(12-14)24-15-8-10-16(11-9-15)25-21(27)20-18(22)6-3-7-19(20)23/h2-12,24H,1H3,(H,25,27). The fourth-order valence-electron chi connectivity index (χ4n) is 2.53. The number of carbonyl (C=O) groups is 2. The van der Waals surface area contributed by atoms with Gasteiger partial charge in [0.2, 0.25) is 0 Å². The molecule has 0 fully saturated rings.